The van der Waals surface area contributed by atoms with Gasteiger partial charge in [-0.1, -0.05) is 13.8 Å². The number of aromatic nitrogens is 6. The fourth-order valence-electron chi connectivity index (χ4n) is 8.54. The second kappa shape index (κ2) is 23.9. The minimum atomic E-state index is -0.303. The first kappa shape index (κ1) is 56.3. The second-order valence-corrected chi connectivity index (χ2v) is 21.3. The molecule has 3 aliphatic heterocycles. The third-order valence-corrected chi connectivity index (χ3v) is 16.0. The van der Waals surface area contributed by atoms with E-state index in [2.05, 4.69) is 102 Å². The number of thiophene rings is 2. The van der Waals surface area contributed by atoms with Gasteiger partial charge >= 0.3 is 110 Å². The van der Waals surface area contributed by atoms with Gasteiger partial charge in [-0.05, 0) is 107 Å². The van der Waals surface area contributed by atoms with Gasteiger partial charge in [0, 0.05) is 111 Å². The van der Waals surface area contributed by atoms with Gasteiger partial charge in [0.2, 0.25) is 11.8 Å². The number of fused-ring (bicyclic) bond motifs is 4. The summed E-state index contributed by atoms with van der Waals surface area (Å²) in [7, 11) is -0.303. The van der Waals surface area contributed by atoms with Gasteiger partial charge in [-0.25, -0.2) is 9.97 Å². The molecule has 352 valence electrons. The largest absolute Gasteiger partial charge is 1.00 e. The maximum atomic E-state index is 12.3. The number of rotatable bonds is 7. The van der Waals surface area contributed by atoms with Crippen LogP contribution in [0.1, 0.15) is 128 Å². The summed E-state index contributed by atoms with van der Waals surface area (Å²) in [5, 5.41) is 15.1. The number of imidazole rings is 2. The Labute approximate surface area is 506 Å². The van der Waals surface area contributed by atoms with Gasteiger partial charge in [0.15, 0.2) is 0 Å². The Hall–Kier alpha value is -1.00. The SMILES string of the molecule is CCC(=O)N1CCn2c(C3CC3)nc(-c3csc4cc(C)ncc34)c2C1.CCC(=O)N1CCn2c(C3CC3)nc(I)c2C1.Cc1cc2scc(B3OC(C)(C)C(C)(C)O3)c2cn1.O=CO[O-].[H-].[K+].[K+]. The maximum absolute atomic E-state index is 12.3. The molecule has 9 heterocycles. The van der Waals surface area contributed by atoms with Crippen molar-refractivity contribution in [1.82, 2.24) is 38.9 Å². The topological polar surface area (TPSA) is 170 Å². The average molecular weight is 1130 g/mol. The summed E-state index contributed by atoms with van der Waals surface area (Å²) >= 11 is 5.76. The molecule has 2 saturated carbocycles. The summed E-state index contributed by atoms with van der Waals surface area (Å²) in [6.07, 6.45) is 10.1. The molecule has 11 rings (SSSR count). The van der Waals surface area contributed by atoms with Crippen molar-refractivity contribution in [2.45, 2.75) is 143 Å². The fraction of sp³-hybridized carbons (Fsp3) is 0.511. The van der Waals surface area contributed by atoms with Gasteiger partial charge in [-0.2, -0.15) is 0 Å². The van der Waals surface area contributed by atoms with Gasteiger partial charge in [0.05, 0.1) is 41.4 Å². The van der Waals surface area contributed by atoms with E-state index in [1.54, 1.807) is 22.7 Å². The van der Waals surface area contributed by atoms with Crippen molar-refractivity contribution in [3.8, 4) is 11.3 Å². The number of nitrogens with zero attached hydrogens (tertiary/aromatic N) is 8. The van der Waals surface area contributed by atoms with Crippen molar-refractivity contribution in [3.63, 3.8) is 0 Å². The molecule has 0 atom stereocenters. The number of amides is 2. The molecule has 2 amide bonds. The van der Waals surface area contributed by atoms with E-state index in [1.807, 2.05) is 49.9 Å². The molecule has 1 saturated heterocycles. The van der Waals surface area contributed by atoms with E-state index in [1.165, 1.54) is 69.1 Å². The Bertz CT molecular complexity index is 2760. The molecule has 21 heteroatoms. The molecule has 6 aromatic rings. The van der Waals surface area contributed by atoms with Gasteiger partial charge in [0.25, 0.3) is 6.47 Å². The van der Waals surface area contributed by atoms with Crippen molar-refractivity contribution in [3.05, 3.63) is 73.4 Å². The van der Waals surface area contributed by atoms with Crippen molar-refractivity contribution < 1.29 is 138 Å². The first-order valence-corrected chi connectivity index (χ1v) is 25.6. The van der Waals surface area contributed by atoms with E-state index in [9.17, 15) is 9.59 Å². The van der Waals surface area contributed by atoms with E-state index >= 15 is 0 Å². The van der Waals surface area contributed by atoms with Crippen molar-refractivity contribution in [1.29, 1.82) is 0 Å². The summed E-state index contributed by atoms with van der Waals surface area (Å²) in [6, 6.07) is 4.25. The van der Waals surface area contributed by atoms with E-state index in [-0.39, 0.29) is 141 Å². The number of halogens is 1. The number of aryl methyl sites for hydroxylation is 2. The molecule has 0 spiro atoms. The predicted octanol–water partition coefficient (Wildman–Crippen LogP) is 1.67. The molecular formula is C47H58BIK2N8O7S2. The van der Waals surface area contributed by atoms with Crippen LogP contribution in [-0.2, 0) is 54.8 Å². The molecule has 0 radical (unpaired) electrons. The van der Waals surface area contributed by atoms with Crippen LogP contribution < -0.4 is 113 Å². The predicted molar refractivity (Wildman–Crippen MR) is 264 cm³/mol. The summed E-state index contributed by atoms with van der Waals surface area (Å²) in [6.45, 7) is 20.8. The van der Waals surface area contributed by atoms with Crippen LogP contribution >= 0.6 is 45.3 Å². The van der Waals surface area contributed by atoms with Gasteiger partial charge in [0.1, 0.15) is 15.3 Å². The van der Waals surface area contributed by atoms with Crippen molar-refractivity contribution >= 4 is 96.3 Å². The third kappa shape index (κ3) is 12.3. The summed E-state index contributed by atoms with van der Waals surface area (Å²) in [5.41, 5.74) is 7.21. The summed E-state index contributed by atoms with van der Waals surface area (Å²) in [5.74, 6) is 4.24. The van der Waals surface area contributed by atoms with Crippen molar-refractivity contribution in [2.75, 3.05) is 13.1 Å². The van der Waals surface area contributed by atoms with Crippen LogP contribution in [0.4, 0.5) is 0 Å². The molecule has 68 heavy (non-hydrogen) atoms. The van der Waals surface area contributed by atoms with E-state index in [0.29, 0.717) is 31.2 Å². The average Bonchev–Trinajstić information content (AvgIpc) is 4.17. The number of pyridine rings is 2. The Morgan fingerprint density at radius 3 is 1.79 bits per heavy atom. The van der Waals surface area contributed by atoms with Crippen LogP contribution in [0.5, 0.6) is 0 Å². The standard InChI is InChI=1S/C20H22N4OS.C14H18BNO2S.C12H16IN3O.CH2O3.2K.H/c1-3-18(25)23-6-7-24-16(10-23)19(22-20(24)13-4-5-13)15-11-26-17-8-12(2)21-9-14(15)17;1-9-6-12-10(7-16-9)11(8-19-12)15-17-13(2,3)14(4,5)18-15;1-2-10(17)15-5-6-16-9(7-15)11(13)14-12(16)8-3-4-8;2-1-4-3;;;/h8-9,11,13H,3-7,10H2,1-2H3;6-8H,1-5H3;8H,2-7H2,1H3;1,3H;;;/q;;;;2*+1;-1/p-1. The van der Waals surface area contributed by atoms with Crippen LogP contribution in [0.3, 0.4) is 0 Å². The van der Waals surface area contributed by atoms with E-state index in [4.69, 9.17) is 24.3 Å². The Morgan fingerprint density at radius 1 is 0.809 bits per heavy atom. The molecule has 3 fully saturated rings. The first-order valence-electron chi connectivity index (χ1n) is 22.7. The zero-order chi connectivity index (χ0) is 47.1. The third-order valence-electron chi connectivity index (χ3n) is 13.2. The number of hydrogen-bond acceptors (Lipinski definition) is 13. The van der Waals surface area contributed by atoms with Gasteiger partial charge in [-0.15, -0.1) is 22.7 Å². The quantitative estimate of drug-likeness (QED) is 0.0750. The van der Waals surface area contributed by atoms with E-state index < -0.39 is 0 Å². The summed E-state index contributed by atoms with van der Waals surface area (Å²) in [4.78, 5) is 57.8. The molecule has 2 aliphatic carbocycles. The molecule has 0 bridgehead atoms. The zero-order valence-corrected chi connectivity index (χ0v) is 50.9. The van der Waals surface area contributed by atoms with Crippen LogP contribution in [-0.4, -0.2) is 88.6 Å². The normalized spacial score (nSPS) is 17.5. The van der Waals surface area contributed by atoms with Crippen molar-refractivity contribution in [2.24, 2.45) is 0 Å². The second-order valence-electron chi connectivity index (χ2n) is 18.4. The molecular weight excluding hydrogens is 1070 g/mol. The minimum absolute atomic E-state index is 0. The summed E-state index contributed by atoms with van der Waals surface area (Å²) < 4.78 is 20.5. The van der Waals surface area contributed by atoms with Gasteiger partial charge in [-0.3, -0.25) is 24.4 Å². The number of carbonyl (C=O) groups is 3. The van der Waals surface area contributed by atoms with Crippen LogP contribution in [0.25, 0.3) is 31.4 Å². The molecule has 0 N–H and O–H groups in total. The fourth-order valence-corrected chi connectivity index (χ4v) is 11.3. The number of carbonyl (C=O) groups excluding carboxylic acids is 3. The Balaban J connectivity index is 0.000000186. The van der Waals surface area contributed by atoms with Gasteiger partial charge < -0.3 is 39.8 Å². The van der Waals surface area contributed by atoms with Crippen LogP contribution in [0.2, 0.25) is 0 Å². The maximum Gasteiger partial charge on any atom is 1.00 e. The van der Waals surface area contributed by atoms with Crippen LogP contribution in [0, 0.1) is 17.5 Å². The van der Waals surface area contributed by atoms with Crippen LogP contribution in [0.15, 0.2) is 35.3 Å². The first-order chi connectivity index (χ1) is 31.6. The molecule has 0 unspecified atom stereocenters. The Morgan fingerprint density at radius 2 is 1.28 bits per heavy atom. The van der Waals surface area contributed by atoms with E-state index in [0.717, 1.165) is 64.4 Å². The monoisotopic (exact) mass is 1130 g/mol. The molecule has 5 aliphatic rings. The molecule has 15 nitrogen and oxygen atoms in total. The Kier molecular flexibility index (Phi) is 19.8. The number of hydrogen-bond donors (Lipinski definition) is 0. The molecule has 6 aromatic heterocycles. The minimum Gasteiger partial charge on any atom is -1.00 e. The smallest absolute Gasteiger partial charge is 1.00 e. The molecule has 0 aromatic carbocycles. The zero-order valence-electron chi connectivity index (χ0n) is 41.9.